The van der Waals surface area contributed by atoms with Crippen molar-refractivity contribution in [2.24, 2.45) is 12.0 Å². The first kappa shape index (κ1) is 22.1. The Labute approximate surface area is 185 Å². The molecule has 9 heteroatoms. The van der Waals surface area contributed by atoms with Gasteiger partial charge in [0.25, 0.3) is 0 Å². The number of nitrogens with one attached hydrogen (secondary N) is 2. The Bertz CT molecular complexity index is 743. The first-order chi connectivity index (χ1) is 12.6. The SMILES string of the molecule is CN=C(NCc1ncnn1C)NCC1(c2ccc(Br)cc2)CCOCC1.I. The van der Waals surface area contributed by atoms with Gasteiger partial charge in [0, 0.05) is 43.7 Å². The molecular formula is C18H26BrIN6O. The molecular weight excluding hydrogens is 523 g/mol. The van der Waals surface area contributed by atoms with Gasteiger partial charge in [0.05, 0.1) is 6.54 Å². The van der Waals surface area contributed by atoms with E-state index in [1.165, 1.54) is 5.56 Å². The lowest BCUT2D eigenvalue weighted by Crippen LogP contribution is -2.48. The van der Waals surface area contributed by atoms with Crippen LogP contribution in [0.3, 0.4) is 0 Å². The summed E-state index contributed by atoms with van der Waals surface area (Å²) in [6, 6.07) is 8.61. The largest absolute Gasteiger partial charge is 0.381 e. The summed E-state index contributed by atoms with van der Waals surface area (Å²) in [4.78, 5) is 8.57. The van der Waals surface area contributed by atoms with Gasteiger partial charge in [-0.1, -0.05) is 28.1 Å². The molecule has 7 nitrogen and oxygen atoms in total. The van der Waals surface area contributed by atoms with E-state index >= 15 is 0 Å². The zero-order valence-corrected chi connectivity index (χ0v) is 19.5. The van der Waals surface area contributed by atoms with E-state index in [1.54, 1.807) is 18.1 Å². The zero-order valence-electron chi connectivity index (χ0n) is 15.6. The standard InChI is InChI=1S/C18H25BrN6O.HI/c1-20-17(21-11-16-23-13-24-25(16)2)22-12-18(7-9-26-10-8-18)14-3-5-15(19)6-4-14;/h3-6,13H,7-12H2,1-2H3,(H2,20,21,22);1H. The molecule has 1 aromatic heterocycles. The van der Waals surface area contributed by atoms with Crippen LogP contribution in [0.4, 0.5) is 0 Å². The third-order valence-corrected chi connectivity index (χ3v) is 5.47. The van der Waals surface area contributed by atoms with Crippen LogP contribution in [0.15, 0.2) is 40.1 Å². The van der Waals surface area contributed by atoms with Crippen molar-refractivity contribution in [2.75, 3.05) is 26.8 Å². The average molecular weight is 549 g/mol. The number of aromatic nitrogens is 3. The maximum atomic E-state index is 5.61. The first-order valence-electron chi connectivity index (χ1n) is 8.74. The highest BCUT2D eigenvalue weighted by atomic mass is 127. The van der Waals surface area contributed by atoms with Gasteiger partial charge in [-0.3, -0.25) is 9.67 Å². The van der Waals surface area contributed by atoms with E-state index in [0.29, 0.717) is 6.54 Å². The number of ether oxygens (including phenoxy) is 1. The maximum Gasteiger partial charge on any atom is 0.191 e. The molecule has 148 valence electrons. The molecule has 27 heavy (non-hydrogen) atoms. The molecule has 0 amide bonds. The molecule has 1 aliphatic rings. The lowest BCUT2D eigenvalue weighted by molar-refractivity contribution is 0.0514. The normalized spacial score (nSPS) is 16.5. The molecule has 1 aliphatic heterocycles. The van der Waals surface area contributed by atoms with Crippen LogP contribution in [0, 0.1) is 0 Å². The molecule has 0 bridgehead atoms. The lowest BCUT2D eigenvalue weighted by atomic mass is 9.74. The van der Waals surface area contributed by atoms with Crippen molar-refractivity contribution in [3.63, 3.8) is 0 Å². The Morgan fingerprint density at radius 2 is 1.96 bits per heavy atom. The second-order valence-electron chi connectivity index (χ2n) is 6.48. The summed E-state index contributed by atoms with van der Waals surface area (Å²) < 4.78 is 8.46. The third-order valence-electron chi connectivity index (χ3n) is 4.94. The van der Waals surface area contributed by atoms with E-state index in [1.807, 2.05) is 7.05 Å². The van der Waals surface area contributed by atoms with Gasteiger partial charge in [-0.15, -0.1) is 24.0 Å². The van der Waals surface area contributed by atoms with Gasteiger partial charge in [0.1, 0.15) is 12.2 Å². The second kappa shape index (κ2) is 10.4. The number of hydrogen-bond donors (Lipinski definition) is 2. The summed E-state index contributed by atoms with van der Waals surface area (Å²) in [6.45, 7) is 2.94. The molecule has 2 aromatic rings. The number of aryl methyl sites for hydroxylation is 1. The average Bonchev–Trinajstić information content (AvgIpc) is 3.08. The van der Waals surface area contributed by atoms with Crippen molar-refractivity contribution < 1.29 is 4.74 Å². The zero-order chi connectivity index (χ0) is 18.4. The van der Waals surface area contributed by atoms with E-state index in [4.69, 9.17) is 4.74 Å². The molecule has 0 unspecified atom stereocenters. The Hall–Kier alpha value is -1.20. The van der Waals surface area contributed by atoms with Gasteiger partial charge < -0.3 is 15.4 Å². The van der Waals surface area contributed by atoms with Gasteiger partial charge in [-0.05, 0) is 30.5 Å². The van der Waals surface area contributed by atoms with Crippen LogP contribution in [0.5, 0.6) is 0 Å². The fourth-order valence-electron chi connectivity index (χ4n) is 3.25. The van der Waals surface area contributed by atoms with E-state index in [2.05, 4.69) is 65.9 Å². The van der Waals surface area contributed by atoms with Crippen LogP contribution >= 0.6 is 39.9 Å². The minimum atomic E-state index is 0. The number of rotatable bonds is 5. The van der Waals surface area contributed by atoms with Crippen LogP contribution in [-0.4, -0.2) is 47.5 Å². The number of benzene rings is 1. The molecule has 3 rings (SSSR count). The highest BCUT2D eigenvalue weighted by Crippen LogP contribution is 2.34. The molecule has 1 aromatic carbocycles. The summed E-state index contributed by atoms with van der Waals surface area (Å²) >= 11 is 3.52. The predicted octanol–water partition coefficient (Wildman–Crippen LogP) is 2.61. The number of aliphatic imine (C=N–C) groups is 1. The minimum Gasteiger partial charge on any atom is -0.381 e. The summed E-state index contributed by atoms with van der Waals surface area (Å²) in [5, 5.41) is 10.9. The Kier molecular flexibility index (Phi) is 8.49. The van der Waals surface area contributed by atoms with E-state index in [9.17, 15) is 0 Å². The molecule has 0 atom stereocenters. The summed E-state index contributed by atoms with van der Waals surface area (Å²) in [5.41, 5.74) is 1.38. The predicted molar refractivity (Wildman–Crippen MR) is 120 cm³/mol. The van der Waals surface area contributed by atoms with Crippen molar-refractivity contribution in [2.45, 2.75) is 24.8 Å². The molecule has 1 saturated heterocycles. The first-order valence-corrected chi connectivity index (χ1v) is 9.53. The highest BCUT2D eigenvalue weighted by Gasteiger charge is 2.34. The topological polar surface area (TPSA) is 76.4 Å². The maximum absolute atomic E-state index is 5.61. The van der Waals surface area contributed by atoms with Gasteiger partial charge in [-0.25, -0.2) is 4.98 Å². The van der Waals surface area contributed by atoms with E-state index < -0.39 is 0 Å². The molecule has 1 fully saturated rings. The smallest absolute Gasteiger partial charge is 0.191 e. The second-order valence-corrected chi connectivity index (χ2v) is 7.39. The quantitative estimate of drug-likeness (QED) is 0.341. The monoisotopic (exact) mass is 548 g/mol. The van der Waals surface area contributed by atoms with E-state index in [-0.39, 0.29) is 29.4 Å². The highest BCUT2D eigenvalue weighted by molar-refractivity contribution is 14.0. The molecule has 0 spiro atoms. The van der Waals surface area contributed by atoms with Crippen LogP contribution in [-0.2, 0) is 23.7 Å². The Balaban J connectivity index is 0.00000261. The van der Waals surface area contributed by atoms with Gasteiger partial charge in [0.2, 0.25) is 0 Å². The summed E-state index contributed by atoms with van der Waals surface area (Å²) in [7, 11) is 3.66. The Morgan fingerprint density at radius 3 is 2.56 bits per heavy atom. The van der Waals surface area contributed by atoms with E-state index in [0.717, 1.165) is 48.9 Å². The number of hydrogen-bond acceptors (Lipinski definition) is 4. The van der Waals surface area contributed by atoms with Crippen LogP contribution < -0.4 is 10.6 Å². The fraction of sp³-hybridized carbons (Fsp3) is 0.500. The summed E-state index contributed by atoms with van der Waals surface area (Å²) in [5.74, 6) is 1.62. The summed E-state index contributed by atoms with van der Waals surface area (Å²) in [6.07, 6.45) is 3.53. The fourth-order valence-corrected chi connectivity index (χ4v) is 3.51. The molecule has 0 aliphatic carbocycles. The lowest BCUT2D eigenvalue weighted by Gasteiger charge is -2.38. The van der Waals surface area contributed by atoms with Crippen molar-refractivity contribution in [3.05, 3.63) is 46.5 Å². The number of halogens is 2. The molecule has 2 N–H and O–H groups in total. The van der Waals surface area contributed by atoms with Crippen molar-refractivity contribution in [1.82, 2.24) is 25.4 Å². The van der Waals surface area contributed by atoms with Crippen molar-refractivity contribution in [1.29, 1.82) is 0 Å². The van der Waals surface area contributed by atoms with Crippen LogP contribution in [0.25, 0.3) is 0 Å². The van der Waals surface area contributed by atoms with Gasteiger partial charge in [-0.2, -0.15) is 5.10 Å². The minimum absolute atomic E-state index is 0. The Morgan fingerprint density at radius 1 is 1.26 bits per heavy atom. The van der Waals surface area contributed by atoms with Gasteiger partial charge in [0.15, 0.2) is 5.96 Å². The van der Waals surface area contributed by atoms with Crippen molar-refractivity contribution in [3.8, 4) is 0 Å². The van der Waals surface area contributed by atoms with Crippen LogP contribution in [0.2, 0.25) is 0 Å². The van der Waals surface area contributed by atoms with Crippen molar-refractivity contribution >= 4 is 45.9 Å². The van der Waals surface area contributed by atoms with Crippen LogP contribution in [0.1, 0.15) is 24.2 Å². The molecule has 2 heterocycles. The molecule has 0 radical (unpaired) electrons. The number of nitrogens with zero attached hydrogens (tertiary/aromatic N) is 4. The number of guanidine groups is 1. The molecule has 0 saturated carbocycles. The third kappa shape index (κ3) is 5.64. The van der Waals surface area contributed by atoms with Gasteiger partial charge >= 0.3 is 0 Å².